The molecule has 2 aromatic rings. The highest BCUT2D eigenvalue weighted by molar-refractivity contribution is 5.79. The Morgan fingerprint density at radius 2 is 1.50 bits per heavy atom. The zero-order chi connectivity index (χ0) is 11.2. The van der Waals surface area contributed by atoms with Gasteiger partial charge in [-0.1, -0.05) is 48.2 Å². The van der Waals surface area contributed by atoms with Crippen LogP contribution in [0.4, 0.5) is 0 Å². The Morgan fingerprint density at radius 1 is 0.812 bits per heavy atom. The Balaban J connectivity index is 2.34. The second-order valence-corrected chi connectivity index (χ2v) is 3.32. The Morgan fingerprint density at radius 3 is 2.25 bits per heavy atom. The smallest absolute Gasteiger partial charge is 0.151 e. The molecule has 0 amide bonds. The van der Waals surface area contributed by atoms with Crippen LogP contribution in [0.5, 0.6) is 0 Å². The fraction of sp³-hybridized carbons (Fsp3) is 0. The molecule has 16 heavy (non-hydrogen) atoms. The lowest BCUT2D eigenvalue weighted by atomic mass is 10.1. The Kier molecular flexibility index (Phi) is 3.15. The summed E-state index contributed by atoms with van der Waals surface area (Å²) in [5.74, 6) is 6.03. The van der Waals surface area contributed by atoms with E-state index in [0.717, 1.165) is 17.4 Å². The zero-order valence-corrected chi connectivity index (χ0v) is 8.68. The van der Waals surface area contributed by atoms with Gasteiger partial charge in [-0.05, 0) is 18.2 Å². The van der Waals surface area contributed by atoms with Gasteiger partial charge in [-0.25, -0.2) is 0 Å². The van der Waals surface area contributed by atoms with Gasteiger partial charge in [-0.15, -0.1) is 0 Å². The maximum atomic E-state index is 10.8. The summed E-state index contributed by atoms with van der Waals surface area (Å²) in [6, 6.07) is 17.0. The molecular formula is C15H10O. The van der Waals surface area contributed by atoms with Crippen LogP contribution < -0.4 is 0 Å². The van der Waals surface area contributed by atoms with Crippen molar-refractivity contribution in [3.8, 4) is 11.8 Å². The topological polar surface area (TPSA) is 17.1 Å². The number of rotatable bonds is 1. The summed E-state index contributed by atoms with van der Waals surface area (Å²) in [5, 5.41) is 0. The minimum Gasteiger partial charge on any atom is -0.298 e. The molecule has 2 rings (SSSR count). The highest BCUT2D eigenvalue weighted by Gasteiger charge is 1.95. The highest BCUT2D eigenvalue weighted by atomic mass is 16.1. The average molecular weight is 206 g/mol. The number of carbonyl (C=O) groups excluding carboxylic acids is 1. The van der Waals surface area contributed by atoms with E-state index in [2.05, 4.69) is 11.8 Å². The minimum atomic E-state index is 0.630. The molecule has 0 aliphatic heterocycles. The monoisotopic (exact) mass is 206 g/mol. The van der Waals surface area contributed by atoms with Crippen LogP contribution in [0.25, 0.3) is 0 Å². The van der Waals surface area contributed by atoms with E-state index in [1.54, 1.807) is 6.07 Å². The van der Waals surface area contributed by atoms with Crippen molar-refractivity contribution in [2.75, 3.05) is 0 Å². The predicted molar refractivity (Wildman–Crippen MR) is 64.3 cm³/mol. The first-order valence-electron chi connectivity index (χ1n) is 5.01. The molecule has 0 unspecified atom stereocenters. The van der Waals surface area contributed by atoms with Crippen molar-refractivity contribution < 1.29 is 4.79 Å². The Bertz CT molecular complexity index is 544. The Labute approximate surface area is 94.7 Å². The van der Waals surface area contributed by atoms with Crippen LogP contribution in [-0.4, -0.2) is 6.29 Å². The van der Waals surface area contributed by atoms with Gasteiger partial charge in [0.05, 0.1) is 0 Å². The molecule has 76 valence electrons. The van der Waals surface area contributed by atoms with Crippen molar-refractivity contribution in [2.45, 2.75) is 0 Å². The molecule has 1 nitrogen and oxygen atoms in total. The fourth-order valence-corrected chi connectivity index (χ4v) is 1.37. The standard InChI is InChI=1S/C15H10O/c16-12-15-9-5-4-8-14(15)11-10-13-6-2-1-3-7-13/h1-9,12H. The summed E-state index contributed by atoms with van der Waals surface area (Å²) in [5.41, 5.74) is 2.34. The molecule has 2 aromatic carbocycles. The first-order valence-corrected chi connectivity index (χ1v) is 5.01. The van der Waals surface area contributed by atoms with E-state index in [-0.39, 0.29) is 0 Å². The largest absolute Gasteiger partial charge is 0.298 e. The molecule has 0 saturated carbocycles. The van der Waals surface area contributed by atoms with Gasteiger partial charge in [-0.3, -0.25) is 4.79 Å². The second-order valence-electron chi connectivity index (χ2n) is 3.32. The second kappa shape index (κ2) is 4.95. The summed E-state index contributed by atoms with van der Waals surface area (Å²) >= 11 is 0. The maximum absolute atomic E-state index is 10.8. The molecule has 1 heteroatoms. The number of carbonyl (C=O) groups is 1. The lowest BCUT2D eigenvalue weighted by Crippen LogP contribution is -1.85. The van der Waals surface area contributed by atoms with E-state index in [4.69, 9.17) is 0 Å². The van der Waals surface area contributed by atoms with Gasteiger partial charge in [0.2, 0.25) is 0 Å². The van der Waals surface area contributed by atoms with E-state index in [0.29, 0.717) is 5.56 Å². The minimum absolute atomic E-state index is 0.630. The van der Waals surface area contributed by atoms with Crippen molar-refractivity contribution in [1.82, 2.24) is 0 Å². The first-order chi connectivity index (χ1) is 7.90. The molecule has 0 aromatic heterocycles. The van der Waals surface area contributed by atoms with Crippen LogP contribution in [-0.2, 0) is 0 Å². The number of hydrogen-bond donors (Lipinski definition) is 0. The van der Waals surface area contributed by atoms with Crippen LogP contribution in [0.3, 0.4) is 0 Å². The summed E-state index contributed by atoms with van der Waals surface area (Å²) in [6.45, 7) is 0. The van der Waals surface area contributed by atoms with Crippen LogP contribution in [0, 0.1) is 11.8 Å². The molecule has 0 bridgehead atoms. The van der Waals surface area contributed by atoms with Crippen LogP contribution in [0.1, 0.15) is 21.5 Å². The summed E-state index contributed by atoms with van der Waals surface area (Å²) in [6.07, 6.45) is 0.828. The van der Waals surface area contributed by atoms with Crippen molar-refractivity contribution in [3.63, 3.8) is 0 Å². The normalized spacial score (nSPS) is 9.00. The van der Waals surface area contributed by atoms with Crippen molar-refractivity contribution in [1.29, 1.82) is 0 Å². The summed E-state index contributed by atoms with van der Waals surface area (Å²) < 4.78 is 0. The van der Waals surface area contributed by atoms with Crippen molar-refractivity contribution in [3.05, 3.63) is 71.3 Å². The predicted octanol–water partition coefficient (Wildman–Crippen LogP) is 2.90. The number of hydrogen-bond acceptors (Lipinski definition) is 1. The van der Waals surface area contributed by atoms with E-state index < -0.39 is 0 Å². The Hall–Kier alpha value is -2.33. The molecule has 0 aliphatic carbocycles. The lowest BCUT2D eigenvalue weighted by molar-refractivity contribution is 0.112. The molecule has 0 fully saturated rings. The van der Waals surface area contributed by atoms with E-state index >= 15 is 0 Å². The SMILES string of the molecule is O=Cc1ccccc1C#Cc1ccccc1. The van der Waals surface area contributed by atoms with Gasteiger partial charge in [-0.2, -0.15) is 0 Å². The van der Waals surface area contributed by atoms with E-state index in [9.17, 15) is 4.79 Å². The molecular weight excluding hydrogens is 196 g/mol. The quantitative estimate of drug-likeness (QED) is 0.518. The molecule has 0 aliphatic rings. The van der Waals surface area contributed by atoms with Gasteiger partial charge in [0, 0.05) is 16.7 Å². The molecule has 0 atom stereocenters. The molecule has 0 radical (unpaired) electrons. The third-order valence-electron chi connectivity index (χ3n) is 2.20. The zero-order valence-electron chi connectivity index (χ0n) is 8.68. The number of benzene rings is 2. The highest BCUT2D eigenvalue weighted by Crippen LogP contribution is 2.04. The lowest BCUT2D eigenvalue weighted by Gasteiger charge is -1.94. The van der Waals surface area contributed by atoms with Crippen molar-refractivity contribution in [2.24, 2.45) is 0 Å². The third kappa shape index (κ3) is 2.37. The van der Waals surface area contributed by atoms with Gasteiger partial charge in [0.15, 0.2) is 6.29 Å². The fourth-order valence-electron chi connectivity index (χ4n) is 1.37. The molecule has 0 spiro atoms. The van der Waals surface area contributed by atoms with E-state index in [1.807, 2.05) is 48.5 Å². The van der Waals surface area contributed by atoms with E-state index in [1.165, 1.54) is 0 Å². The van der Waals surface area contributed by atoms with Crippen LogP contribution >= 0.6 is 0 Å². The van der Waals surface area contributed by atoms with Gasteiger partial charge in [0.25, 0.3) is 0 Å². The summed E-state index contributed by atoms with van der Waals surface area (Å²) in [7, 11) is 0. The molecule has 0 N–H and O–H groups in total. The van der Waals surface area contributed by atoms with Gasteiger partial charge in [0.1, 0.15) is 0 Å². The van der Waals surface area contributed by atoms with Gasteiger partial charge >= 0.3 is 0 Å². The average Bonchev–Trinajstić information content (AvgIpc) is 2.38. The van der Waals surface area contributed by atoms with Crippen LogP contribution in [0.2, 0.25) is 0 Å². The summed E-state index contributed by atoms with van der Waals surface area (Å²) in [4.78, 5) is 10.8. The van der Waals surface area contributed by atoms with Gasteiger partial charge < -0.3 is 0 Å². The molecule has 0 saturated heterocycles. The molecule has 0 heterocycles. The van der Waals surface area contributed by atoms with Crippen molar-refractivity contribution >= 4 is 6.29 Å². The van der Waals surface area contributed by atoms with Crippen LogP contribution in [0.15, 0.2) is 54.6 Å². The number of aldehydes is 1. The first kappa shape index (κ1) is 10.2. The third-order valence-corrected chi connectivity index (χ3v) is 2.20. The maximum Gasteiger partial charge on any atom is 0.151 e.